The van der Waals surface area contributed by atoms with Crippen LogP contribution in [0.25, 0.3) is 33.5 Å². The summed E-state index contributed by atoms with van der Waals surface area (Å²) in [5.41, 5.74) is 1.74. The number of aromatic amines is 1. The minimum absolute atomic E-state index is 0.0333. The summed E-state index contributed by atoms with van der Waals surface area (Å²) in [6, 6.07) is 20.6. The second-order valence-electron chi connectivity index (χ2n) is 7.74. The van der Waals surface area contributed by atoms with Crippen molar-refractivity contribution in [2.24, 2.45) is 0 Å². The van der Waals surface area contributed by atoms with Crippen LogP contribution in [0.1, 0.15) is 0 Å². The number of rotatable bonds is 5. The lowest BCUT2D eigenvalue weighted by Crippen LogP contribution is -2.34. The van der Waals surface area contributed by atoms with E-state index in [-0.39, 0.29) is 16.4 Å². The number of phenolic OH excluding ortho intramolecular Hbond substituents is 1. The summed E-state index contributed by atoms with van der Waals surface area (Å²) in [4.78, 5) is 29.1. The zero-order chi connectivity index (χ0) is 24.7. The van der Waals surface area contributed by atoms with Crippen LogP contribution in [0.15, 0.2) is 82.4 Å². The summed E-state index contributed by atoms with van der Waals surface area (Å²) in [5.74, 6) is 0.915. The first-order valence-electron chi connectivity index (χ1n) is 10.6. The highest BCUT2D eigenvalue weighted by molar-refractivity contribution is 6.31. The fourth-order valence-electron chi connectivity index (χ4n) is 4.10. The normalized spacial score (nSPS) is 11.1. The number of hydrogen-bond donors (Lipinski definition) is 2. The lowest BCUT2D eigenvalue weighted by molar-refractivity contribution is 0.374. The summed E-state index contributed by atoms with van der Waals surface area (Å²) in [5, 5.41) is 10.7. The van der Waals surface area contributed by atoms with Crippen molar-refractivity contribution < 1.29 is 14.6 Å². The van der Waals surface area contributed by atoms with Crippen LogP contribution in [0.2, 0.25) is 5.15 Å². The van der Waals surface area contributed by atoms with Crippen molar-refractivity contribution >= 4 is 22.6 Å². The molecule has 0 bridgehead atoms. The largest absolute Gasteiger partial charge is 0.504 e. The Bertz CT molecular complexity index is 1680. The molecule has 0 saturated carbocycles. The molecule has 9 heteroatoms. The Balaban J connectivity index is 1.67. The number of nitrogens with zero attached hydrogens (tertiary/aromatic N) is 2. The number of nitrogens with one attached hydrogen (secondary N) is 1. The number of fused-ring (bicyclic) bond motifs is 1. The molecule has 5 rings (SSSR count). The van der Waals surface area contributed by atoms with Crippen LogP contribution in [-0.4, -0.2) is 33.4 Å². The SMILES string of the molecule is COc1cccc(-n2c(=O)[nH]c3cc(Cl)n(-c4ccc(-c5cccc(OC)c5O)cc4)c3c2=O)c1. The Hall–Kier alpha value is -4.43. The van der Waals surface area contributed by atoms with Gasteiger partial charge < -0.3 is 19.6 Å². The van der Waals surface area contributed by atoms with Gasteiger partial charge in [-0.05, 0) is 42.0 Å². The minimum atomic E-state index is -0.589. The van der Waals surface area contributed by atoms with Crippen molar-refractivity contribution in [3.8, 4) is 39.8 Å². The van der Waals surface area contributed by atoms with Gasteiger partial charge in [-0.2, -0.15) is 0 Å². The van der Waals surface area contributed by atoms with Crippen LogP contribution in [0, 0.1) is 0 Å². The van der Waals surface area contributed by atoms with Crippen LogP contribution in [0.5, 0.6) is 17.2 Å². The monoisotopic (exact) mass is 489 g/mol. The summed E-state index contributed by atoms with van der Waals surface area (Å²) in [6.45, 7) is 0. The third kappa shape index (κ3) is 3.74. The minimum Gasteiger partial charge on any atom is -0.504 e. The predicted molar refractivity (Wildman–Crippen MR) is 135 cm³/mol. The number of ether oxygens (including phenoxy) is 2. The van der Waals surface area contributed by atoms with E-state index in [9.17, 15) is 14.7 Å². The van der Waals surface area contributed by atoms with Crippen molar-refractivity contribution in [2.45, 2.75) is 0 Å². The molecule has 0 aliphatic heterocycles. The number of benzene rings is 3. The maximum Gasteiger partial charge on any atom is 0.333 e. The Kier molecular flexibility index (Phi) is 5.58. The Morgan fingerprint density at radius 1 is 0.857 bits per heavy atom. The molecular weight excluding hydrogens is 470 g/mol. The molecule has 0 amide bonds. The molecule has 0 unspecified atom stereocenters. The van der Waals surface area contributed by atoms with E-state index in [1.807, 2.05) is 0 Å². The molecule has 3 aromatic carbocycles. The second-order valence-corrected chi connectivity index (χ2v) is 8.13. The Labute approximate surface area is 204 Å². The summed E-state index contributed by atoms with van der Waals surface area (Å²) >= 11 is 6.51. The molecule has 0 radical (unpaired) electrons. The number of hydrogen-bond acceptors (Lipinski definition) is 5. The zero-order valence-electron chi connectivity index (χ0n) is 18.8. The van der Waals surface area contributed by atoms with Gasteiger partial charge in [0.1, 0.15) is 16.4 Å². The number of halogens is 1. The first kappa shape index (κ1) is 22.4. The topological polar surface area (TPSA) is 98.5 Å². The molecule has 0 atom stereocenters. The van der Waals surface area contributed by atoms with Gasteiger partial charge in [0.05, 0.1) is 25.4 Å². The van der Waals surface area contributed by atoms with Gasteiger partial charge >= 0.3 is 5.69 Å². The Morgan fingerprint density at radius 3 is 2.31 bits per heavy atom. The number of methoxy groups -OCH3 is 2. The zero-order valence-corrected chi connectivity index (χ0v) is 19.5. The number of para-hydroxylation sites is 1. The van der Waals surface area contributed by atoms with Gasteiger partial charge in [0.15, 0.2) is 11.5 Å². The quantitative estimate of drug-likeness (QED) is 0.378. The molecule has 176 valence electrons. The molecule has 35 heavy (non-hydrogen) atoms. The van der Waals surface area contributed by atoms with E-state index in [0.717, 1.165) is 10.1 Å². The summed E-state index contributed by atoms with van der Waals surface area (Å²) in [6.07, 6.45) is 0. The van der Waals surface area contributed by atoms with E-state index in [1.54, 1.807) is 71.3 Å². The lowest BCUT2D eigenvalue weighted by atomic mass is 10.0. The molecule has 8 nitrogen and oxygen atoms in total. The average molecular weight is 490 g/mol. The van der Waals surface area contributed by atoms with E-state index in [1.165, 1.54) is 20.3 Å². The van der Waals surface area contributed by atoms with Crippen molar-refractivity contribution in [3.05, 3.63) is 98.8 Å². The second kappa shape index (κ2) is 8.73. The summed E-state index contributed by atoms with van der Waals surface area (Å²) in [7, 11) is 3.00. The molecule has 5 aromatic rings. The molecule has 0 aliphatic rings. The average Bonchev–Trinajstić information content (AvgIpc) is 3.20. The van der Waals surface area contributed by atoms with Gasteiger partial charge in [0.25, 0.3) is 5.56 Å². The van der Waals surface area contributed by atoms with E-state index in [0.29, 0.717) is 34.0 Å². The molecule has 0 saturated heterocycles. The maximum atomic E-state index is 13.5. The number of phenols is 1. The maximum absolute atomic E-state index is 13.5. The van der Waals surface area contributed by atoms with Gasteiger partial charge in [0, 0.05) is 17.3 Å². The lowest BCUT2D eigenvalue weighted by Gasteiger charge is -2.12. The molecule has 0 spiro atoms. The fourth-order valence-corrected chi connectivity index (χ4v) is 4.39. The van der Waals surface area contributed by atoms with E-state index >= 15 is 0 Å². The highest BCUT2D eigenvalue weighted by Gasteiger charge is 2.18. The molecule has 2 heterocycles. The smallest absolute Gasteiger partial charge is 0.333 e. The number of aromatic nitrogens is 3. The van der Waals surface area contributed by atoms with Gasteiger partial charge in [-0.3, -0.25) is 9.36 Å². The Morgan fingerprint density at radius 2 is 1.60 bits per heavy atom. The van der Waals surface area contributed by atoms with Crippen molar-refractivity contribution in [1.82, 2.24) is 14.1 Å². The molecule has 0 fully saturated rings. The van der Waals surface area contributed by atoms with Gasteiger partial charge in [-0.15, -0.1) is 0 Å². The molecule has 2 aromatic heterocycles. The number of aromatic hydroxyl groups is 1. The third-order valence-electron chi connectivity index (χ3n) is 5.77. The highest BCUT2D eigenvalue weighted by Crippen LogP contribution is 2.37. The van der Waals surface area contributed by atoms with Gasteiger partial charge in [0.2, 0.25) is 0 Å². The van der Waals surface area contributed by atoms with E-state index in [2.05, 4.69) is 4.98 Å². The first-order valence-corrected chi connectivity index (χ1v) is 11.0. The van der Waals surface area contributed by atoms with Crippen LogP contribution in [0.4, 0.5) is 0 Å². The molecular formula is C26H20ClN3O5. The van der Waals surface area contributed by atoms with Crippen LogP contribution < -0.4 is 20.7 Å². The first-order chi connectivity index (χ1) is 16.9. The van der Waals surface area contributed by atoms with E-state index in [4.69, 9.17) is 21.1 Å². The van der Waals surface area contributed by atoms with Crippen LogP contribution in [0.3, 0.4) is 0 Å². The third-order valence-corrected chi connectivity index (χ3v) is 6.05. The van der Waals surface area contributed by atoms with Crippen molar-refractivity contribution in [3.63, 3.8) is 0 Å². The van der Waals surface area contributed by atoms with Gasteiger partial charge in [-0.1, -0.05) is 41.9 Å². The van der Waals surface area contributed by atoms with Crippen LogP contribution >= 0.6 is 11.6 Å². The predicted octanol–water partition coefficient (Wildman–Crippen LogP) is 4.51. The highest BCUT2D eigenvalue weighted by atomic mass is 35.5. The van der Waals surface area contributed by atoms with E-state index < -0.39 is 11.2 Å². The number of H-pyrrole nitrogens is 1. The standard InChI is InChI=1S/C26H20ClN3O5/c1-34-18-6-3-5-17(13-18)30-25(32)23-20(28-26(30)33)14-22(27)29(23)16-11-9-15(10-12-16)19-7-4-8-21(35-2)24(19)31/h3-14,31H,1-2H3,(H,28,33). The molecule has 2 N–H and O–H groups in total. The van der Waals surface area contributed by atoms with Crippen molar-refractivity contribution in [2.75, 3.05) is 14.2 Å². The molecule has 0 aliphatic carbocycles. The van der Waals surface area contributed by atoms with Crippen molar-refractivity contribution in [1.29, 1.82) is 0 Å². The fraction of sp³-hybridized carbons (Fsp3) is 0.0769. The van der Waals surface area contributed by atoms with Gasteiger partial charge in [-0.25, -0.2) is 9.36 Å². The summed E-state index contributed by atoms with van der Waals surface area (Å²) < 4.78 is 13.0. The van der Waals surface area contributed by atoms with Crippen LogP contribution in [-0.2, 0) is 0 Å².